The lowest BCUT2D eigenvalue weighted by atomic mass is 9.70. The van der Waals surface area contributed by atoms with Crippen LogP contribution in [0.15, 0.2) is 79.9 Å². The number of aliphatic hydroxyl groups excluding tert-OH is 1. The van der Waals surface area contributed by atoms with E-state index in [1.165, 1.54) is 0 Å². The van der Waals surface area contributed by atoms with Gasteiger partial charge in [0.25, 0.3) is 5.91 Å². The van der Waals surface area contributed by atoms with E-state index in [1.807, 2.05) is 36.4 Å². The van der Waals surface area contributed by atoms with Crippen molar-refractivity contribution in [2.75, 3.05) is 36.0 Å². The zero-order valence-electron chi connectivity index (χ0n) is 22.6. The first-order chi connectivity index (χ1) is 19.8. The van der Waals surface area contributed by atoms with E-state index >= 15 is 0 Å². The first-order valence-electron chi connectivity index (χ1n) is 13.7. The number of halogens is 2. The van der Waals surface area contributed by atoms with Crippen molar-refractivity contribution in [1.82, 2.24) is 4.90 Å². The number of fused-ring (bicyclic) bond motifs is 1. The third-order valence-corrected chi connectivity index (χ3v) is 11.8. The van der Waals surface area contributed by atoms with Gasteiger partial charge in [0.1, 0.15) is 6.04 Å². The molecule has 3 saturated heterocycles. The van der Waals surface area contributed by atoms with Crippen molar-refractivity contribution < 1.29 is 19.5 Å². The Morgan fingerprint density at radius 1 is 1.07 bits per heavy atom. The molecule has 7 nitrogen and oxygen atoms in total. The van der Waals surface area contributed by atoms with E-state index in [2.05, 4.69) is 29.1 Å². The van der Waals surface area contributed by atoms with Crippen molar-refractivity contribution in [2.24, 2.45) is 11.8 Å². The summed E-state index contributed by atoms with van der Waals surface area (Å²) in [5.74, 6) is -1.94. The summed E-state index contributed by atoms with van der Waals surface area (Å²) < 4.78 is -0.819. The lowest BCUT2D eigenvalue weighted by Gasteiger charge is -2.38. The molecule has 2 bridgehead atoms. The number of para-hydroxylation sites is 2. The molecule has 3 amide bonds. The molecule has 0 saturated carbocycles. The molecule has 216 valence electrons. The number of thioether (sulfide) groups is 1. The van der Waals surface area contributed by atoms with Crippen LogP contribution in [0.5, 0.6) is 0 Å². The summed E-state index contributed by atoms with van der Waals surface area (Å²) in [5.41, 5.74) is 1.27. The van der Waals surface area contributed by atoms with E-state index < -0.39 is 22.6 Å². The van der Waals surface area contributed by atoms with Gasteiger partial charge in [0.15, 0.2) is 0 Å². The Labute approximate surface area is 258 Å². The lowest BCUT2D eigenvalue weighted by molar-refractivity contribution is -0.139. The van der Waals surface area contributed by atoms with Crippen LogP contribution in [0.1, 0.15) is 12.8 Å². The molecule has 1 spiro atoms. The zero-order chi connectivity index (χ0) is 29.3. The molecule has 3 unspecified atom stereocenters. The summed E-state index contributed by atoms with van der Waals surface area (Å²) in [4.78, 5) is 48.1. The molecule has 0 aromatic heterocycles. The van der Waals surface area contributed by atoms with E-state index in [4.69, 9.17) is 11.6 Å². The zero-order valence-corrected chi connectivity index (χ0v) is 25.7. The average Bonchev–Trinajstić information content (AvgIpc) is 3.57. The van der Waals surface area contributed by atoms with Gasteiger partial charge in [0.2, 0.25) is 11.8 Å². The standard InChI is InChI=1S/C31H33BrClN3O4S/c1-3-15-34(20-11-6-5-7-12-20)28(38)24-25-29(39)36(17-10-18-37)27(31(25)19-21(32)26(24)41-31)30(40)35(16-4-2)23-14-9-8-13-22(23)33/h3-9,11-14,21,24-27,37H,1-2,10,15-19H2/t21?,24-,25-,26-,27?,31?/m0/s1. The van der Waals surface area contributed by atoms with Gasteiger partial charge in [-0.3, -0.25) is 14.4 Å². The molecule has 3 aliphatic heterocycles. The summed E-state index contributed by atoms with van der Waals surface area (Å²) in [6, 6.07) is 15.7. The van der Waals surface area contributed by atoms with Crippen LogP contribution in [-0.4, -0.2) is 74.8 Å². The number of alkyl halides is 1. The van der Waals surface area contributed by atoms with Crippen LogP contribution in [0.25, 0.3) is 0 Å². The van der Waals surface area contributed by atoms with E-state index in [-0.39, 0.29) is 47.5 Å². The Bertz CT molecular complexity index is 1350. The lowest BCUT2D eigenvalue weighted by Crippen LogP contribution is -2.56. The van der Waals surface area contributed by atoms with Crippen LogP contribution in [0.2, 0.25) is 5.02 Å². The third-order valence-electron chi connectivity index (χ3n) is 8.23. The van der Waals surface area contributed by atoms with Gasteiger partial charge >= 0.3 is 0 Å². The first-order valence-corrected chi connectivity index (χ1v) is 15.9. The van der Waals surface area contributed by atoms with Crippen molar-refractivity contribution in [3.63, 3.8) is 0 Å². The predicted molar refractivity (Wildman–Crippen MR) is 169 cm³/mol. The normalized spacial score (nSPS) is 27.9. The van der Waals surface area contributed by atoms with E-state index in [0.29, 0.717) is 30.1 Å². The van der Waals surface area contributed by atoms with Gasteiger partial charge in [-0.1, -0.05) is 70.0 Å². The number of carbonyl (C=O) groups excluding carboxylic acids is 3. The summed E-state index contributed by atoms with van der Waals surface area (Å²) in [7, 11) is 0. The van der Waals surface area contributed by atoms with Crippen molar-refractivity contribution in [3.05, 3.63) is 84.9 Å². The van der Waals surface area contributed by atoms with Crippen LogP contribution in [0.4, 0.5) is 11.4 Å². The highest BCUT2D eigenvalue weighted by Crippen LogP contribution is 2.68. The molecule has 0 aliphatic carbocycles. The molecular weight excluding hydrogens is 626 g/mol. The Hall–Kier alpha value is -2.59. The van der Waals surface area contributed by atoms with Crippen molar-refractivity contribution in [1.29, 1.82) is 0 Å². The molecule has 3 fully saturated rings. The summed E-state index contributed by atoms with van der Waals surface area (Å²) in [6.07, 6.45) is 4.20. The fourth-order valence-corrected chi connectivity index (χ4v) is 10.5. The highest BCUT2D eigenvalue weighted by atomic mass is 79.9. The smallest absolute Gasteiger partial charge is 0.251 e. The van der Waals surface area contributed by atoms with Crippen molar-refractivity contribution in [3.8, 4) is 0 Å². The Morgan fingerprint density at radius 2 is 1.73 bits per heavy atom. The first kappa shape index (κ1) is 29.9. The number of aliphatic hydroxyl groups is 1. The Balaban J connectivity index is 1.59. The largest absolute Gasteiger partial charge is 0.396 e. The number of anilines is 2. The number of benzene rings is 2. The Kier molecular flexibility index (Phi) is 8.99. The van der Waals surface area contributed by atoms with Gasteiger partial charge in [0.05, 0.1) is 27.3 Å². The molecule has 3 heterocycles. The minimum Gasteiger partial charge on any atom is -0.396 e. The SMILES string of the molecule is C=CCN(C(=O)[C@H]1[C@H]2C(=O)N(CCCO)C(C(=O)N(CC=C)c3ccccc3Cl)C23CC(Br)[C@@H]1S3)c1ccccc1. The second-order valence-electron chi connectivity index (χ2n) is 10.5. The monoisotopic (exact) mass is 657 g/mol. The van der Waals surface area contributed by atoms with Crippen molar-refractivity contribution in [2.45, 2.75) is 33.7 Å². The summed E-state index contributed by atoms with van der Waals surface area (Å²) in [5, 5.41) is 9.90. The van der Waals surface area contributed by atoms with Gasteiger partial charge in [-0.15, -0.1) is 24.9 Å². The van der Waals surface area contributed by atoms with E-state index in [0.717, 1.165) is 5.69 Å². The molecule has 41 heavy (non-hydrogen) atoms. The number of nitrogens with zero attached hydrogens (tertiary/aromatic N) is 3. The molecule has 5 rings (SSSR count). The number of amides is 3. The Morgan fingerprint density at radius 3 is 2.39 bits per heavy atom. The second-order valence-corrected chi connectivity index (χ2v) is 13.7. The number of rotatable bonds is 11. The number of carbonyl (C=O) groups is 3. The molecule has 0 radical (unpaired) electrons. The quantitative estimate of drug-likeness (QED) is 0.274. The van der Waals surface area contributed by atoms with E-state index in [1.54, 1.807) is 56.8 Å². The maximum Gasteiger partial charge on any atom is 0.251 e. The van der Waals surface area contributed by atoms with Gasteiger partial charge in [-0.25, -0.2) is 0 Å². The summed E-state index contributed by atoms with van der Waals surface area (Å²) in [6.45, 7) is 8.30. The molecular formula is C31H33BrClN3O4S. The molecule has 2 aromatic carbocycles. The minimum absolute atomic E-state index is 0.0619. The number of likely N-dealkylation sites (tertiary alicyclic amines) is 1. The van der Waals surface area contributed by atoms with E-state index in [9.17, 15) is 19.5 Å². The maximum atomic E-state index is 14.6. The topological polar surface area (TPSA) is 81.2 Å². The highest BCUT2D eigenvalue weighted by molar-refractivity contribution is 9.09. The molecule has 1 N–H and O–H groups in total. The van der Waals surface area contributed by atoms with Crippen LogP contribution < -0.4 is 9.80 Å². The fourth-order valence-electron chi connectivity index (χ4n) is 6.67. The molecule has 3 aliphatic rings. The maximum absolute atomic E-state index is 14.6. The van der Waals surface area contributed by atoms with Gasteiger partial charge in [-0.05, 0) is 37.1 Å². The average molecular weight is 659 g/mol. The van der Waals surface area contributed by atoms with Crippen LogP contribution in [-0.2, 0) is 14.4 Å². The predicted octanol–water partition coefficient (Wildman–Crippen LogP) is 4.93. The number of hydrogen-bond acceptors (Lipinski definition) is 5. The van der Waals surface area contributed by atoms with Crippen molar-refractivity contribution >= 4 is 68.4 Å². The molecule has 2 aromatic rings. The fraction of sp³-hybridized carbons (Fsp3) is 0.387. The highest BCUT2D eigenvalue weighted by Gasteiger charge is 2.76. The van der Waals surface area contributed by atoms with Crippen LogP contribution in [0, 0.1) is 11.8 Å². The van der Waals surface area contributed by atoms with Crippen LogP contribution >= 0.6 is 39.3 Å². The van der Waals surface area contributed by atoms with Gasteiger partial charge < -0.3 is 19.8 Å². The van der Waals surface area contributed by atoms with Gasteiger partial charge in [0, 0.05) is 42.0 Å². The second kappa shape index (κ2) is 12.3. The number of hydrogen-bond donors (Lipinski definition) is 1. The summed E-state index contributed by atoms with van der Waals surface area (Å²) >= 11 is 12.0. The third kappa shape index (κ3) is 5.05. The van der Waals surface area contributed by atoms with Crippen LogP contribution in [0.3, 0.4) is 0 Å². The minimum atomic E-state index is -0.833. The molecule has 6 atom stereocenters. The molecule has 10 heteroatoms. The van der Waals surface area contributed by atoms with Gasteiger partial charge in [-0.2, -0.15) is 0 Å².